The summed E-state index contributed by atoms with van der Waals surface area (Å²) in [5, 5.41) is 7.99. The van der Waals surface area contributed by atoms with E-state index in [1.807, 2.05) is 13.0 Å². The highest BCUT2D eigenvalue weighted by Gasteiger charge is 2.10. The van der Waals surface area contributed by atoms with Crippen molar-refractivity contribution in [1.82, 2.24) is 9.97 Å². The summed E-state index contributed by atoms with van der Waals surface area (Å²) in [5.41, 5.74) is 5.59. The van der Waals surface area contributed by atoms with Gasteiger partial charge in [-0.25, -0.2) is 15.0 Å². The van der Waals surface area contributed by atoms with Crippen molar-refractivity contribution in [2.45, 2.75) is 6.92 Å². The maximum atomic E-state index is 6.82. The van der Waals surface area contributed by atoms with Crippen molar-refractivity contribution >= 4 is 45.3 Å². The molecule has 82 valence electrons. The summed E-state index contributed by atoms with van der Waals surface area (Å²) in [4.78, 5) is 13.8. The number of nitrogens with zero attached hydrogens (tertiary/aromatic N) is 3. The number of rotatable bonds is 2. The van der Waals surface area contributed by atoms with Crippen LogP contribution >= 0.6 is 22.9 Å². The van der Waals surface area contributed by atoms with Gasteiger partial charge in [0.2, 0.25) is 0 Å². The highest BCUT2D eigenvalue weighted by Crippen LogP contribution is 2.27. The summed E-state index contributed by atoms with van der Waals surface area (Å²) in [6.07, 6.45) is 0.844. The van der Waals surface area contributed by atoms with E-state index in [1.165, 1.54) is 11.3 Å². The topological polar surface area (TPSA) is 88.0 Å². The van der Waals surface area contributed by atoms with Gasteiger partial charge in [0.25, 0.3) is 0 Å². The van der Waals surface area contributed by atoms with Gasteiger partial charge in [0.05, 0.1) is 0 Å². The molecule has 0 aliphatic carbocycles. The maximum Gasteiger partial charge on any atom is 0.198 e. The lowest BCUT2D eigenvalue weighted by Gasteiger charge is -1.99. The second kappa shape index (κ2) is 4.15. The van der Waals surface area contributed by atoms with Crippen LogP contribution in [0.5, 0.6) is 0 Å². The van der Waals surface area contributed by atoms with Gasteiger partial charge in [-0.15, -0.1) is 11.3 Å². The molecule has 0 saturated heterocycles. The van der Waals surface area contributed by atoms with Crippen molar-refractivity contribution in [2.24, 2.45) is 10.7 Å². The fourth-order valence-corrected chi connectivity index (χ4v) is 2.41. The van der Waals surface area contributed by atoms with Crippen LogP contribution in [0.3, 0.4) is 0 Å². The molecule has 0 aliphatic rings. The number of aryl methyl sites for hydroxylation is 1. The Morgan fingerprint density at radius 2 is 2.38 bits per heavy atom. The number of thiophene rings is 1. The van der Waals surface area contributed by atoms with E-state index in [-0.39, 0.29) is 11.7 Å². The number of halogens is 1. The number of nitrogens with two attached hydrogens (primary N) is 1. The van der Waals surface area contributed by atoms with Gasteiger partial charge >= 0.3 is 0 Å². The van der Waals surface area contributed by atoms with Crippen LogP contribution < -0.4 is 5.73 Å². The van der Waals surface area contributed by atoms with Crippen molar-refractivity contribution in [1.29, 1.82) is 5.41 Å². The molecule has 2 rings (SSSR count). The van der Waals surface area contributed by atoms with Crippen LogP contribution in [0.15, 0.2) is 11.1 Å². The van der Waals surface area contributed by atoms with E-state index < -0.39 is 0 Å². The first kappa shape index (κ1) is 11.0. The molecule has 0 aliphatic heterocycles. The van der Waals surface area contributed by atoms with Gasteiger partial charge in [0, 0.05) is 10.3 Å². The van der Waals surface area contributed by atoms with E-state index in [0.717, 1.165) is 21.4 Å². The van der Waals surface area contributed by atoms with Crippen molar-refractivity contribution in [3.05, 3.63) is 21.9 Å². The van der Waals surface area contributed by atoms with E-state index in [0.29, 0.717) is 5.15 Å². The van der Waals surface area contributed by atoms with Crippen LogP contribution in [0.25, 0.3) is 10.2 Å². The predicted molar refractivity (Wildman–Crippen MR) is 66.7 cm³/mol. The maximum absolute atomic E-state index is 6.82. The van der Waals surface area contributed by atoms with Crippen molar-refractivity contribution in [3.63, 3.8) is 0 Å². The zero-order chi connectivity index (χ0) is 11.7. The van der Waals surface area contributed by atoms with E-state index in [4.69, 9.17) is 22.7 Å². The Bertz CT molecular complexity index is 589. The molecule has 0 amide bonds. The highest BCUT2D eigenvalue weighted by molar-refractivity contribution is 7.18. The van der Waals surface area contributed by atoms with Crippen LogP contribution in [-0.2, 0) is 0 Å². The molecule has 0 radical (unpaired) electrons. The average Bonchev–Trinajstić information content (AvgIpc) is 2.59. The molecular weight excluding hydrogens is 246 g/mol. The Kier molecular flexibility index (Phi) is 2.84. The molecule has 0 spiro atoms. The van der Waals surface area contributed by atoms with Gasteiger partial charge in [-0.05, 0) is 13.0 Å². The van der Waals surface area contributed by atoms with Gasteiger partial charge < -0.3 is 5.73 Å². The molecule has 7 heteroatoms. The van der Waals surface area contributed by atoms with Gasteiger partial charge in [-0.1, -0.05) is 11.6 Å². The molecule has 0 saturated carbocycles. The van der Waals surface area contributed by atoms with Crippen LogP contribution in [0, 0.1) is 12.3 Å². The normalized spacial score (nSPS) is 12.0. The third-order valence-corrected chi connectivity index (χ3v) is 3.13. The minimum Gasteiger partial charge on any atom is -0.381 e. The summed E-state index contributed by atoms with van der Waals surface area (Å²) in [6, 6.07) is 1.93. The fraction of sp³-hybridized carbons (Fsp3) is 0.111. The number of amidine groups is 1. The lowest BCUT2D eigenvalue weighted by molar-refractivity contribution is 1.18. The molecule has 0 aromatic carbocycles. The molecule has 0 bridgehead atoms. The highest BCUT2D eigenvalue weighted by atomic mass is 35.5. The summed E-state index contributed by atoms with van der Waals surface area (Å²) in [6.45, 7) is 1.97. The van der Waals surface area contributed by atoms with Crippen LogP contribution in [-0.4, -0.2) is 22.1 Å². The lowest BCUT2D eigenvalue weighted by atomic mass is 10.4. The van der Waals surface area contributed by atoms with Crippen molar-refractivity contribution in [2.75, 3.05) is 0 Å². The van der Waals surface area contributed by atoms with Gasteiger partial charge in [0.15, 0.2) is 11.7 Å². The molecule has 3 N–H and O–H groups in total. The summed E-state index contributed by atoms with van der Waals surface area (Å²) in [7, 11) is 0. The molecule has 2 aromatic rings. The zero-order valence-electron chi connectivity index (χ0n) is 8.36. The first-order valence-corrected chi connectivity index (χ1v) is 5.57. The molecule has 2 aromatic heterocycles. The Balaban J connectivity index is 2.66. The van der Waals surface area contributed by atoms with Gasteiger partial charge in [-0.3, -0.25) is 5.41 Å². The smallest absolute Gasteiger partial charge is 0.198 e. The lowest BCUT2D eigenvalue weighted by Crippen LogP contribution is -2.17. The second-order valence-corrected chi connectivity index (χ2v) is 4.65. The van der Waals surface area contributed by atoms with E-state index in [2.05, 4.69) is 15.0 Å². The van der Waals surface area contributed by atoms with Crippen LogP contribution in [0.2, 0.25) is 5.15 Å². The molecule has 5 nitrogen and oxygen atoms in total. The molecule has 0 fully saturated rings. The number of aliphatic imine (C=N–C) groups is 1. The second-order valence-electron chi connectivity index (χ2n) is 3.06. The van der Waals surface area contributed by atoms with Crippen molar-refractivity contribution in [3.8, 4) is 0 Å². The van der Waals surface area contributed by atoms with Crippen LogP contribution in [0.1, 0.15) is 10.7 Å². The Labute approximate surface area is 101 Å². The first-order valence-electron chi connectivity index (χ1n) is 4.38. The summed E-state index contributed by atoms with van der Waals surface area (Å²) in [5.74, 6) is 0.340. The number of aromatic nitrogens is 2. The van der Waals surface area contributed by atoms with Crippen molar-refractivity contribution < 1.29 is 0 Å². The predicted octanol–water partition coefficient (Wildman–Crippen LogP) is 1.97. The Hall–Kier alpha value is -1.53. The molecule has 16 heavy (non-hydrogen) atoms. The Morgan fingerprint density at radius 3 is 3.06 bits per heavy atom. The average molecular weight is 254 g/mol. The van der Waals surface area contributed by atoms with Crippen LogP contribution in [0.4, 0.5) is 0 Å². The monoisotopic (exact) mass is 253 g/mol. The zero-order valence-corrected chi connectivity index (χ0v) is 9.93. The molecule has 0 unspecified atom stereocenters. The van der Waals surface area contributed by atoms with E-state index >= 15 is 0 Å². The largest absolute Gasteiger partial charge is 0.381 e. The number of nitrogens with one attached hydrogen (secondary N) is 1. The van der Waals surface area contributed by atoms with Gasteiger partial charge in [0.1, 0.15) is 16.3 Å². The third kappa shape index (κ3) is 1.89. The summed E-state index contributed by atoms with van der Waals surface area (Å²) >= 11 is 7.52. The molecule has 2 heterocycles. The molecule has 0 atom stereocenters. The van der Waals surface area contributed by atoms with E-state index in [1.54, 1.807) is 0 Å². The van der Waals surface area contributed by atoms with Gasteiger partial charge in [-0.2, -0.15) is 0 Å². The summed E-state index contributed by atoms with van der Waals surface area (Å²) < 4.78 is 0. The minimum atomic E-state index is 0.0878. The number of fused-ring (bicyclic) bond motifs is 1. The molecular formula is C9H8ClN5S. The minimum absolute atomic E-state index is 0.0878. The standard InChI is InChI=1S/C9H8ClN5S/c1-4-2-5-6(10)14-8(7(12)13-3-11)15-9(5)16-4/h2-3H,1H3,(H3,11,12,13). The Morgan fingerprint density at radius 1 is 1.62 bits per heavy atom. The number of hydrogen-bond donors (Lipinski definition) is 2. The quantitative estimate of drug-likeness (QED) is 0.487. The fourth-order valence-electron chi connectivity index (χ4n) is 1.25. The first-order chi connectivity index (χ1) is 7.61. The SMILES string of the molecule is Cc1cc2c(Cl)nc(C(N)=NC=N)nc2s1. The number of hydrogen-bond acceptors (Lipinski definition) is 4. The van der Waals surface area contributed by atoms with E-state index in [9.17, 15) is 0 Å². The third-order valence-electron chi connectivity index (χ3n) is 1.90.